The first-order chi connectivity index (χ1) is 19.3. The van der Waals surface area contributed by atoms with Crippen molar-refractivity contribution in [2.75, 3.05) is 5.73 Å². The molecule has 39 heavy (non-hydrogen) atoms. The average Bonchev–Trinajstić information content (AvgIpc) is 2.99. The van der Waals surface area contributed by atoms with Crippen LogP contribution in [0, 0.1) is 47.4 Å². The van der Waals surface area contributed by atoms with Gasteiger partial charge in [0, 0.05) is 50.2 Å². The zero-order chi connectivity index (χ0) is 26.7. The number of nitrogens with two attached hydrogens (primary N) is 1. The molecule has 5 rings (SSSR count). The van der Waals surface area contributed by atoms with Crippen LogP contribution in [0.2, 0.25) is 0 Å². The van der Waals surface area contributed by atoms with Gasteiger partial charge < -0.3 is 5.73 Å². The molecule has 0 heterocycles. The molecule has 0 aromatic heterocycles. The second-order valence-electron chi connectivity index (χ2n) is 8.59. The van der Waals surface area contributed by atoms with Gasteiger partial charge in [-0.15, -0.1) is 0 Å². The van der Waals surface area contributed by atoms with Crippen molar-refractivity contribution in [3.63, 3.8) is 0 Å². The minimum atomic E-state index is 0.661. The van der Waals surface area contributed by atoms with E-state index in [9.17, 15) is 0 Å². The zero-order valence-electron chi connectivity index (χ0n) is 21.2. The van der Waals surface area contributed by atoms with Crippen LogP contribution in [0.5, 0.6) is 0 Å². The summed E-state index contributed by atoms with van der Waals surface area (Å²) in [6.07, 6.45) is 0. The van der Waals surface area contributed by atoms with Gasteiger partial charge >= 0.3 is 0 Å². The fourth-order valence-electron chi connectivity index (χ4n) is 3.78. The highest BCUT2D eigenvalue weighted by Crippen LogP contribution is 2.13. The van der Waals surface area contributed by atoms with E-state index in [1.807, 2.05) is 127 Å². The third-order valence-electron chi connectivity index (χ3n) is 5.85. The second kappa shape index (κ2) is 12.4. The van der Waals surface area contributed by atoms with Crippen LogP contribution < -0.4 is 5.73 Å². The molecule has 180 valence electrons. The third kappa shape index (κ3) is 6.67. The molecule has 0 radical (unpaired) electrons. The van der Waals surface area contributed by atoms with Crippen molar-refractivity contribution < 1.29 is 0 Å². The van der Waals surface area contributed by atoms with Gasteiger partial charge in [-0.25, -0.2) is 0 Å². The highest BCUT2D eigenvalue weighted by Gasteiger charge is 2.00. The van der Waals surface area contributed by atoms with Crippen molar-refractivity contribution in [1.82, 2.24) is 0 Å². The number of nitrogen functional groups attached to an aromatic ring is 1. The molecular weight excluding hydrogens is 470 g/mol. The molecule has 0 unspecified atom stereocenters. The minimum Gasteiger partial charge on any atom is -0.398 e. The minimum absolute atomic E-state index is 0.661. The molecule has 5 aromatic carbocycles. The van der Waals surface area contributed by atoms with Gasteiger partial charge in [0.1, 0.15) is 0 Å². The Balaban J connectivity index is 1.44. The van der Waals surface area contributed by atoms with Crippen LogP contribution in [0.25, 0.3) is 0 Å². The molecule has 0 saturated heterocycles. The average molecular weight is 494 g/mol. The summed E-state index contributed by atoms with van der Waals surface area (Å²) in [6.45, 7) is 0. The quantitative estimate of drug-likeness (QED) is 0.185. The van der Waals surface area contributed by atoms with Crippen molar-refractivity contribution in [2.24, 2.45) is 0 Å². The Morgan fingerprint density at radius 1 is 0.282 bits per heavy atom. The smallest absolute Gasteiger partial charge is 0.0478 e. The molecule has 0 bridgehead atoms. The number of hydrogen-bond acceptors (Lipinski definition) is 1. The van der Waals surface area contributed by atoms with E-state index in [0.717, 1.165) is 44.5 Å². The van der Waals surface area contributed by atoms with Crippen LogP contribution in [0.3, 0.4) is 0 Å². The summed E-state index contributed by atoms with van der Waals surface area (Å²) >= 11 is 0. The largest absolute Gasteiger partial charge is 0.398 e. The maximum Gasteiger partial charge on any atom is 0.0478 e. The SMILES string of the molecule is Nc1ccccc1C#Cc1ccccc1C#Cc1ccccc1C#Cc1ccccc1C#Cc1ccccc1. The lowest BCUT2D eigenvalue weighted by Crippen LogP contribution is -1.89. The lowest BCUT2D eigenvalue weighted by atomic mass is 10.0. The monoisotopic (exact) mass is 493 g/mol. The summed E-state index contributed by atoms with van der Waals surface area (Å²) in [5, 5.41) is 0. The van der Waals surface area contributed by atoms with E-state index < -0.39 is 0 Å². The van der Waals surface area contributed by atoms with Crippen LogP contribution in [0.15, 0.2) is 127 Å². The molecule has 0 amide bonds. The van der Waals surface area contributed by atoms with Crippen LogP contribution in [0.1, 0.15) is 44.5 Å². The Bertz CT molecular complexity index is 1880. The highest BCUT2D eigenvalue weighted by molar-refractivity contribution is 5.61. The first-order valence-electron chi connectivity index (χ1n) is 12.5. The summed E-state index contributed by atoms with van der Waals surface area (Å²) in [5.74, 6) is 26.1. The first kappa shape index (κ1) is 24.8. The van der Waals surface area contributed by atoms with Gasteiger partial charge in [0.15, 0.2) is 0 Å². The van der Waals surface area contributed by atoms with E-state index >= 15 is 0 Å². The van der Waals surface area contributed by atoms with Crippen molar-refractivity contribution >= 4 is 5.69 Å². The van der Waals surface area contributed by atoms with Gasteiger partial charge in [-0.2, -0.15) is 0 Å². The number of benzene rings is 5. The van der Waals surface area contributed by atoms with E-state index in [1.54, 1.807) is 0 Å². The fourth-order valence-corrected chi connectivity index (χ4v) is 3.78. The van der Waals surface area contributed by atoms with Crippen LogP contribution in [-0.2, 0) is 0 Å². The molecule has 0 atom stereocenters. The topological polar surface area (TPSA) is 26.0 Å². The van der Waals surface area contributed by atoms with E-state index in [1.165, 1.54) is 0 Å². The number of hydrogen-bond donors (Lipinski definition) is 1. The Morgan fingerprint density at radius 2 is 0.564 bits per heavy atom. The third-order valence-corrected chi connectivity index (χ3v) is 5.85. The molecule has 0 fully saturated rings. The standard InChI is InChI=1S/C38H23N/c39-38-21-11-10-20-37(38)29-28-36-19-9-8-18-35(36)27-26-34-17-7-6-16-33(34)25-24-32-15-5-4-14-31(32)23-22-30-12-2-1-3-13-30/h1-21H,39H2. The van der Waals surface area contributed by atoms with Crippen molar-refractivity contribution in [1.29, 1.82) is 0 Å². The zero-order valence-corrected chi connectivity index (χ0v) is 21.2. The number of para-hydroxylation sites is 1. The number of rotatable bonds is 0. The fraction of sp³-hybridized carbons (Fsp3) is 0. The lowest BCUT2D eigenvalue weighted by Gasteiger charge is -1.99. The maximum absolute atomic E-state index is 6.05. The van der Waals surface area contributed by atoms with Gasteiger partial charge in [0.2, 0.25) is 0 Å². The van der Waals surface area contributed by atoms with Crippen LogP contribution in [0.4, 0.5) is 5.69 Å². The summed E-state index contributed by atoms with van der Waals surface area (Å²) in [5.41, 5.74) is 13.7. The summed E-state index contributed by atoms with van der Waals surface area (Å²) in [7, 11) is 0. The maximum atomic E-state index is 6.05. The molecular formula is C38H23N. The van der Waals surface area contributed by atoms with Crippen molar-refractivity contribution in [2.45, 2.75) is 0 Å². The van der Waals surface area contributed by atoms with Crippen molar-refractivity contribution in [3.05, 3.63) is 172 Å². The predicted octanol–water partition coefficient (Wildman–Crippen LogP) is 6.87. The molecule has 0 aliphatic carbocycles. The first-order valence-corrected chi connectivity index (χ1v) is 12.5. The summed E-state index contributed by atoms with van der Waals surface area (Å²) in [4.78, 5) is 0. The summed E-state index contributed by atoms with van der Waals surface area (Å²) in [6, 6.07) is 41.3. The number of anilines is 1. The molecule has 1 heteroatoms. The molecule has 2 N–H and O–H groups in total. The van der Waals surface area contributed by atoms with Gasteiger partial charge in [-0.05, 0) is 60.7 Å². The Morgan fingerprint density at radius 3 is 0.949 bits per heavy atom. The predicted molar refractivity (Wildman–Crippen MR) is 161 cm³/mol. The van der Waals surface area contributed by atoms with Gasteiger partial charge in [-0.3, -0.25) is 0 Å². The lowest BCUT2D eigenvalue weighted by molar-refractivity contribution is 1.55. The van der Waals surface area contributed by atoms with E-state index in [-0.39, 0.29) is 0 Å². The molecule has 0 spiro atoms. The highest BCUT2D eigenvalue weighted by atomic mass is 14.5. The van der Waals surface area contributed by atoms with Crippen LogP contribution >= 0.6 is 0 Å². The Kier molecular flexibility index (Phi) is 7.89. The van der Waals surface area contributed by atoms with Gasteiger partial charge in [0.25, 0.3) is 0 Å². The Labute approximate surface area is 230 Å². The van der Waals surface area contributed by atoms with Crippen molar-refractivity contribution in [3.8, 4) is 47.4 Å². The van der Waals surface area contributed by atoms with Gasteiger partial charge in [-0.1, -0.05) is 114 Å². The van der Waals surface area contributed by atoms with E-state index in [2.05, 4.69) is 47.4 Å². The molecule has 1 nitrogen and oxygen atoms in total. The van der Waals surface area contributed by atoms with E-state index in [0.29, 0.717) is 5.69 Å². The summed E-state index contributed by atoms with van der Waals surface area (Å²) < 4.78 is 0. The van der Waals surface area contributed by atoms with E-state index in [4.69, 9.17) is 5.73 Å². The van der Waals surface area contributed by atoms with Gasteiger partial charge in [0.05, 0.1) is 0 Å². The normalized spacial score (nSPS) is 9.33. The Hall–Kier alpha value is -5.86. The second-order valence-corrected chi connectivity index (χ2v) is 8.59. The molecule has 5 aromatic rings. The molecule has 0 aliphatic rings. The molecule has 0 saturated carbocycles. The molecule has 0 aliphatic heterocycles. The van der Waals surface area contributed by atoms with Crippen LogP contribution in [-0.4, -0.2) is 0 Å².